The molecule has 0 amide bonds. The third-order valence-corrected chi connectivity index (χ3v) is 3.90. The summed E-state index contributed by atoms with van der Waals surface area (Å²) in [5.41, 5.74) is -1.85. The zero-order valence-corrected chi connectivity index (χ0v) is 11.5. The minimum Gasteiger partial charge on any atom is -0.477 e. The van der Waals surface area contributed by atoms with Gasteiger partial charge in [-0.1, -0.05) is 0 Å². The molecule has 0 unspecified atom stereocenters. The van der Waals surface area contributed by atoms with Crippen molar-refractivity contribution in [3.63, 3.8) is 0 Å². The van der Waals surface area contributed by atoms with E-state index in [1.54, 1.807) is 0 Å². The van der Waals surface area contributed by atoms with Crippen LogP contribution in [-0.2, 0) is 0 Å². The number of nitrogens with zero attached hydrogens (tertiary/aromatic N) is 2. The Bertz CT molecular complexity index is 847. The van der Waals surface area contributed by atoms with E-state index in [0.29, 0.717) is 0 Å². The smallest absolute Gasteiger partial charge is 0.342 e. The first-order valence-corrected chi connectivity index (χ1v) is 6.86. The Morgan fingerprint density at radius 3 is 2.32 bits per heavy atom. The lowest BCUT2D eigenvalue weighted by Gasteiger charge is -2.28. The van der Waals surface area contributed by atoms with Crippen molar-refractivity contribution in [2.75, 3.05) is 0 Å². The number of aromatic nitrogens is 2. The Balaban J connectivity index is 2.29. The number of benzene rings is 1. The van der Waals surface area contributed by atoms with Crippen LogP contribution in [0.2, 0.25) is 0 Å². The van der Waals surface area contributed by atoms with Crippen LogP contribution in [0.1, 0.15) is 35.7 Å². The zero-order chi connectivity index (χ0) is 15.9. The molecule has 3 rings (SSSR count). The van der Waals surface area contributed by atoms with Crippen molar-refractivity contribution in [1.29, 1.82) is 0 Å². The predicted octanol–water partition coefficient (Wildman–Crippen LogP) is 1.56. The van der Waals surface area contributed by atoms with Crippen molar-refractivity contribution in [3.8, 4) is 5.69 Å². The highest BCUT2D eigenvalue weighted by Gasteiger charge is 2.25. The van der Waals surface area contributed by atoms with Gasteiger partial charge < -0.3 is 5.11 Å². The second kappa shape index (κ2) is 5.25. The summed E-state index contributed by atoms with van der Waals surface area (Å²) in [5, 5.41) is 9.18. The number of carboxylic acids is 1. The van der Waals surface area contributed by atoms with Gasteiger partial charge >= 0.3 is 11.7 Å². The standard InChI is InChI=1S/C15H13FN2O4/c16-9-4-6-11(7-5-9)18-13(19)12(14(20)21)8-17(15(18)22)10-2-1-3-10/h4-8,10H,1-3H2,(H,20,21). The lowest BCUT2D eigenvalue weighted by molar-refractivity contribution is 0.0692. The zero-order valence-electron chi connectivity index (χ0n) is 11.5. The quantitative estimate of drug-likeness (QED) is 0.933. The van der Waals surface area contributed by atoms with Crippen molar-refractivity contribution in [2.24, 2.45) is 0 Å². The molecule has 0 atom stereocenters. The minimum atomic E-state index is -1.39. The van der Waals surface area contributed by atoms with E-state index in [0.717, 1.165) is 42.2 Å². The van der Waals surface area contributed by atoms with Crippen LogP contribution in [0, 0.1) is 5.82 Å². The lowest BCUT2D eigenvalue weighted by atomic mass is 9.93. The van der Waals surface area contributed by atoms with E-state index >= 15 is 0 Å². The third kappa shape index (κ3) is 2.24. The average Bonchev–Trinajstić information content (AvgIpc) is 2.41. The molecule has 0 spiro atoms. The van der Waals surface area contributed by atoms with Gasteiger partial charge in [0.2, 0.25) is 0 Å². The van der Waals surface area contributed by atoms with Crippen LogP contribution in [0.4, 0.5) is 4.39 Å². The molecule has 0 radical (unpaired) electrons. The number of hydrogen-bond donors (Lipinski definition) is 1. The van der Waals surface area contributed by atoms with Crippen molar-refractivity contribution in [1.82, 2.24) is 9.13 Å². The first-order chi connectivity index (χ1) is 10.5. The molecule has 1 aliphatic carbocycles. The molecular weight excluding hydrogens is 291 g/mol. The molecule has 7 heteroatoms. The first-order valence-electron chi connectivity index (χ1n) is 6.86. The maximum Gasteiger partial charge on any atom is 0.342 e. The number of carboxylic acid groups (broad SMARTS) is 1. The molecule has 114 valence electrons. The fourth-order valence-corrected chi connectivity index (χ4v) is 2.46. The van der Waals surface area contributed by atoms with Crippen molar-refractivity contribution in [3.05, 3.63) is 62.7 Å². The highest BCUT2D eigenvalue weighted by molar-refractivity contribution is 5.86. The SMILES string of the molecule is O=C(O)c1cn(C2CCC2)c(=O)n(-c2ccc(F)cc2)c1=O. The summed E-state index contributed by atoms with van der Waals surface area (Å²) < 4.78 is 15.1. The molecule has 1 saturated carbocycles. The molecule has 2 aromatic rings. The van der Waals surface area contributed by atoms with Crippen molar-refractivity contribution < 1.29 is 14.3 Å². The molecule has 6 nitrogen and oxygen atoms in total. The van der Waals surface area contributed by atoms with Gasteiger partial charge in [0.15, 0.2) is 0 Å². The first kappa shape index (κ1) is 14.2. The van der Waals surface area contributed by atoms with E-state index in [1.165, 1.54) is 16.7 Å². The Labute approximate surface area is 124 Å². The number of carbonyl (C=O) groups is 1. The highest BCUT2D eigenvalue weighted by Crippen LogP contribution is 2.30. The molecule has 1 aromatic carbocycles. The number of halogens is 1. The fraction of sp³-hybridized carbons (Fsp3) is 0.267. The lowest BCUT2D eigenvalue weighted by Crippen LogP contribution is -2.43. The van der Waals surface area contributed by atoms with Gasteiger partial charge in [0.05, 0.1) is 5.69 Å². The highest BCUT2D eigenvalue weighted by atomic mass is 19.1. The van der Waals surface area contributed by atoms with Gasteiger partial charge in [0.1, 0.15) is 11.4 Å². The van der Waals surface area contributed by atoms with E-state index in [2.05, 4.69) is 0 Å². The van der Waals surface area contributed by atoms with Gasteiger partial charge in [-0.25, -0.2) is 18.5 Å². The topological polar surface area (TPSA) is 81.3 Å². The molecule has 22 heavy (non-hydrogen) atoms. The molecular formula is C15H13FN2O4. The summed E-state index contributed by atoms with van der Waals surface area (Å²) in [6.45, 7) is 0. The van der Waals surface area contributed by atoms with Gasteiger partial charge in [0.25, 0.3) is 5.56 Å². The molecule has 1 aromatic heterocycles. The summed E-state index contributed by atoms with van der Waals surface area (Å²) in [4.78, 5) is 36.1. The third-order valence-electron chi connectivity index (χ3n) is 3.90. The number of rotatable bonds is 3. The molecule has 0 aliphatic heterocycles. The van der Waals surface area contributed by atoms with Crippen LogP contribution in [-0.4, -0.2) is 20.2 Å². The Kier molecular flexibility index (Phi) is 3.40. The van der Waals surface area contributed by atoms with Crippen molar-refractivity contribution in [2.45, 2.75) is 25.3 Å². The summed E-state index contributed by atoms with van der Waals surface area (Å²) in [6.07, 6.45) is 3.59. The minimum absolute atomic E-state index is 0.0992. The molecule has 0 bridgehead atoms. The van der Waals surface area contributed by atoms with Gasteiger partial charge in [-0.05, 0) is 43.5 Å². The maximum atomic E-state index is 13.0. The van der Waals surface area contributed by atoms with E-state index < -0.39 is 28.6 Å². The largest absolute Gasteiger partial charge is 0.477 e. The van der Waals surface area contributed by atoms with Crippen LogP contribution in [0.3, 0.4) is 0 Å². The van der Waals surface area contributed by atoms with Crippen LogP contribution in [0.25, 0.3) is 5.69 Å². The van der Waals surface area contributed by atoms with Gasteiger partial charge in [0, 0.05) is 12.2 Å². The van der Waals surface area contributed by atoms with Gasteiger partial charge in [-0.2, -0.15) is 0 Å². The normalized spacial score (nSPS) is 14.6. The maximum absolute atomic E-state index is 13.0. The summed E-state index contributed by atoms with van der Waals surface area (Å²) in [6, 6.07) is 4.67. The second-order valence-corrected chi connectivity index (χ2v) is 5.24. The van der Waals surface area contributed by atoms with Crippen LogP contribution < -0.4 is 11.2 Å². The molecule has 1 aliphatic rings. The monoisotopic (exact) mass is 304 g/mol. The summed E-state index contributed by atoms with van der Waals surface area (Å²) in [7, 11) is 0. The molecule has 0 saturated heterocycles. The van der Waals surface area contributed by atoms with Crippen LogP contribution in [0.15, 0.2) is 40.1 Å². The van der Waals surface area contributed by atoms with Crippen molar-refractivity contribution >= 4 is 5.97 Å². The van der Waals surface area contributed by atoms with E-state index in [9.17, 15) is 23.9 Å². The summed E-state index contributed by atoms with van der Waals surface area (Å²) >= 11 is 0. The van der Waals surface area contributed by atoms with Crippen LogP contribution >= 0.6 is 0 Å². The fourth-order valence-electron chi connectivity index (χ4n) is 2.46. The molecule has 1 N–H and O–H groups in total. The van der Waals surface area contributed by atoms with Gasteiger partial charge in [-0.3, -0.25) is 9.36 Å². The molecule has 1 fully saturated rings. The number of hydrogen-bond acceptors (Lipinski definition) is 3. The number of aromatic carboxylic acids is 1. The van der Waals surface area contributed by atoms with E-state index in [-0.39, 0.29) is 11.7 Å². The van der Waals surface area contributed by atoms with E-state index in [1.807, 2.05) is 0 Å². The second-order valence-electron chi connectivity index (χ2n) is 5.24. The Hall–Kier alpha value is -2.70. The summed E-state index contributed by atoms with van der Waals surface area (Å²) in [5.74, 6) is -1.90. The molecule has 1 heterocycles. The average molecular weight is 304 g/mol. The Morgan fingerprint density at radius 2 is 1.82 bits per heavy atom. The predicted molar refractivity (Wildman–Crippen MR) is 76.1 cm³/mol. The Morgan fingerprint density at radius 1 is 1.18 bits per heavy atom. The van der Waals surface area contributed by atoms with Crippen LogP contribution in [0.5, 0.6) is 0 Å². The van der Waals surface area contributed by atoms with Gasteiger partial charge in [-0.15, -0.1) is 0 Å². The van der Waals surface area contributed by atoms with E-state index in [4.69, 9.17) is 0 Å².